The number of aliphatic hydroxyl groups excluding tert-OH is 1. The summed E-state index contributed by atoms with van der Waals surface area (Å²) in [4.78, 5) is 1.47. The van der Waals surface area contributed by atoms with Gasteiger partial charge in [-0.25, -0.2) is 13.2 Å². The molecule has 1 aliphatic rings. The highest BCUT2D eigenvalue weighted by Crippen LogP contribution is 2.41. The molecular formula is C14H19Cl2F3N2O. The van der Waals surface area contributed by atoms with E-state index in [0.29, 0.717) is 26.2 Å². The third kappa shape index (κ3) is 3.86. The molecule has 0 bridgehead atoms. The lowest BCUT2D eigenvalue weighted by Gasteiger charge is -2.39. The molecule has 1 aromatic rings. The van der Waals surface area contributed by atoms with Gasteiger partial charge in [-0.3, -0.25) is 4.90 Å². The summed E-state index contributed by atoms with van der Waals surface area (Å²) in [6.07, 6.45) is 0. The van der Waals surface area contributed by atoms with Crippen LogP contribution in [0, 0.1) is 12.7 Å². The molecule has 0 saturated carbocycles. The van der Waals surface area contributed by atoms with E-state index in [1.165, 1.54) is 24.0 Å². The van der Waals surface area contributed by atoms with Crippen molar-refractivity contribution in [1.82, 2.24) is 10.2 Å². The number of hydrogen-bond donors (Lipinski definition) is 2. The molecule has 22 heavy (non-hydrogen) atoms. The van der Waals surface area contributed by atoms with Crippen LogP contribution in [-0.2, 0) is 0 Å². The van der Waals surface area contributed by atoms with Crippen molar-refractivity contribution in [3.8, 4) is 0 Å². The zero-order valence-electron chi connectivity index (χ0n) is 12.1. The monoisotopic (exact) mass is 358 g/mol. The van der Waals surface area contributed by atoms with Crippen LogP contribution in [0.2, 0.25) is 5.02 Å². The van der Waals surface area contributed by atoms with Crippen molar-refractivity contribution in [2.24, 2.45) is 0 Å². The molecule has 0 aliphatic carbocycles. The van der Waals surface area contributed by atoms with Gasteiger partial charge in [-0.05, 0) is 18.6 Å². The van der Waals surface area contributed by atoms with Gasteiger partial charge in [-0.1, -0.05) is 17.7 Å². The average molecular weight is 359 g/mol. The van der Waals surface area contributed by atoms with Gasteiger partial charge in [0.2, 0.25) is 0 Å². The number of hydrogen-bond acceptors (Lipinski definition) is 3. The van der Waals surface area contributed by atoms with E-state index in [0.717, 1.165) is 0 Å². The fraction of sp³-hybridized carbons (Fsp3) is 0.571. The highest BCUT2D eigenvalue weighted by Gasteiger charge is 2.46. The Kier molecular flexibility index (Phi) is 6.95. The molecule has 2 rings (SSSR count). The molecule has 3 nitrogen and oxygen atoms in total. The third-order valence-corrected chi connectivity index (χ3v) is 4.05. The summed E-state index contributed by atoms with van der Waals surface area (Å²) >= 11 is 5.98. The van der Waals surface area contributed by atoms with Gasteiger partial charge < -0.3 is 10.4 Å². The highest BCUT2D eigenvalue weighted by molar-refractivity contribution is 6.31. The van der Waals surface area contributed by atoms with E-state index in [4.69, 9.17) is 16.7 Å². The molecule has 1 fully saturated rings. The Hall–Kier alpha value is -0.530. The topological polar surface area (TPSA) is 35.5 Å². The van der Waals surface area contributed by atoms with Crippen molar-refractivity contribution in [2.45, 2.75) is 18.9 Å². The molecule has 2 N–H and O–H groups in total. The predicted molar refractivity (Wildman–Crippen MR) is 82.6 cm³/mol. The van der Waals surface area contributed by atoms with Gasteiger partial charge in [0.15, 0.2) is 0 Å². The Morgan fingerprint density at radius 3 is 2.50 bits per heavy atom. The van der Waals surface area contributed by atoms with E-state index in [9.17, 15) is 13.2 Å². The fourth-order valence-electron chi connectivity index (χ4n) is 2.62. The van der Waals surface area contributed by atoms with E-state index in [-0.39, 0.29) is 28.6 Å². The van der Waals surface area contributed by atoms with Gasteiger partial charge in [0.05, 0.1) is 0 Å². The van der Waals surface area contributed by atoms with Gasteiger partial charge in [0.1, 0.15) is 18.5 Å². The van der Waals surface area contributed by atoms with Crippen molar-refractivity contribution >= 4 is 24.0 Å². The summed E-state index contributed by atoms with van der Waals surface area (Å²) in [7, 11) is 0. The second-order valence-electron chi connectivity index (χ2n) is 5.20. The van der Waals surface area contributed by atoms with E-state index >= 15 is 0 Å². The average Bonchev–Trinajstić information content (AvgIpc) is 2.48. The number of alkyl halides is 2. The Morgan fingerprint density at radius 1 is 1.36 bits per heavy atom. The van der Waals surface area contributed by atoms with Gasteiger partial charge in [0, 0.05) is 36.8 Å². The van der Waals surface area contributed by atoms with Gasteiger partial charge in [-0.15, -0.1) is 12.4 Å². The first kappa shape index (κ1) is 19.5. The van der Waals surface area contributed by atoms with Crippen LogP contribution in [0.5, 0.6) is 0 Å². The SMILES string of the molecule is Cc1ccc(Cl)c([C@H](N2CCNCC2)C(F)(F)CO)c1F.Cl. The van der Waals surface area contributed by atoms with Crippen LogP contribution in [0.4, 0.5) is 13.2 Å². The Labute approximate surface area is 138 Å². The molecular weight excluding hydrogens is 340 g/mol. The minimum Gasteiger partial charge on any atom is -0.390 e. The van der Waals surface area contributed by atoms with E-state index in [1.54, 1.807) is 0 Å². The largest absolute Gasteiger partial charge is 0.390 e. The fourth-order valence-corrected chi connectivity index (χ4v) is 2.87. The van der Waals surface area contributed by atoms with Crippen molar-refractivity contribution < 1.29 is 18.3 Å². The molecule has 0 aromatic heterocycles. The molecule has 1 heterocycles. The van der Waals surface area contributed by atoms with Crippen LogP contribution in [-0.4, -0.2) is 48.7 Å². The smallest absolute Gasteiger partial charge is 0.290 e. The summed E-state index contributed by atoms with van der Waals surface area (Å²) in [5.41, 5.74) is 0.0147. The summed E-state index contributed by atoms with van der Waals surface area (Å²) in [6, 6.07) is 1.29. The van der Waals surface area contributed by atoms with Crippen LogP contribution in [0.3, 0.4) is 0 Å². The number of nitrogens with one attached hydrogen (secondary N) is 1. The van der Waals surface area contributed by atoms with Crippen LogP contribution in [0.1, 0.15) is 17.2 Å². The quantitative estimate of drug-likeness (QED) is 0.868. The number of piperazine rings is 1. The van der Waals surface area contributed by atoms with Crippen LogP contribution in [0.25, 0.3) is 0 Å². The first-order valence-electron chi connectivity index (χ1n) is 6.76. The number of aliphatic hydroxyl groups is 1. The summed E-state index contributed by atoms with van der Waals surface area (Å²) in [5, 5.41) is 12.1. The molecule has 0 unspecified atom stereocenters. The predicted octanol–water partition coefficient (Wildman–Crippen LogP) is 2.78. The first-order chi connectivity index (χ1) is 9.88. The minimum absolute atomic E-state index is 0. The van der Waals surface area contributed by atoms with Crippen molar-refractivity contribution in [3.05, 3.63) is 34.1 Å². The third-order valence-electron chi connectivity index (χ3n) is 3.72. The maximum Gasteiger partial charge on any atom is 0.290 e. The lowest BCUT2D eigenvalue weighted by molar-refractivity contribution is -0.119. The summed E-state index contributed by atoms with van der Waals surface area (Å²) in [6.45, 7) is 1.88. The minimum atomic E-state index is -3.48. The normalized spacial score (nSPS) is 17.9. The van der Waals surface area contributed by atoms with Crippen LogP contribution >= 0.6 is 24.0 Å². The maximum absolute atomic E-state index is 14.4. The standard InChI is InChI=1S/C14H18ClF3N2O.ClH/c1-9-2-3-10(15)11(12(9)16)13(14(17,18)8-21)20-6-4-19-5-7-20;/h2-3,13,19,21H,4-8H2,1H3;1H/t13-;/m0./s1. The second kappa shape index (κ2) is 7.84. The second-order valence-corrected chi connectivity index (χ2v) is 5.61. The van der Waals surface area contributed by atoms with Crippen molar-refractivity contribution in [1.29, 1.82) is 0 Å². The molecule has 0 spiro atoms. The lowest BCUT2D eigenvalue weighted by Crippen LogP contribution is -2.51. The van der Waals surface area contributed by atoms with Gasteiger partial charge >= 0.3 is 0 Å². The summed E-state index contributed by atoms with van der Waals surface area (Å²) in [5.74, 6) is -4.21. The first-order valence-corrected chi connectivity index (χ1v) is 7.14. The Morgan fingerprint density at radius 2 is 1.95 bits per heavy atom. The Bertz CT molecular complexity index is 511. The molecule has 1 saturated heterocycles. The molecule has 1 aromatic carbocycles. The maximum atomic E-state index is 14.4. The number of rotatable bonds is 4. The number of aryl methyl sites for hydroxylation is 1. The van der Waals surface area contributed by atoms with Crippen LogP contribution < -0.4 is 5.32 Å². The highest BCUT2D eigenvalue weighted by atomic mass is 35.5. The molecule has 126 valence electrons. The molecule has 8 heteroatoms. The molecule has 0 radical (unpaired) electrons. The Balaban J connectivity index is 0.00000242. The van der Waals surface area contributed by atoms with Crippen molar-refractivity contribution in [2.75, 3.05) is 32.8 Å². The molecule has 1 aliphatic heterocycles. The van der Waals surface area contributed by atoms with Gasteiger partial charge in [-0.2, -0.15) is 0 Å². The van der Waals surface area contributed by atoms with E-state index in [2.05, 4.69) is 5.32 Å². The van der Waals surface area contributed by atoms with E-state index in [1.807, 2.05) is 0 Å². The number of benzene rings is 1. The zero-order chi connectivity index (χ0) is 15.6. The lowest BCUT2D eigenvalue weighted by atomic mass is 9.96. The number of halogens is 5. The summed E-state index contributed by atoms with van der Waals surface area (Å²) < 4.78 is 42.9. The van der Waals surface area contributed by atoms with Gasteiger partial charge in [0.25, 0.3) is 5.92 Å². The number of nitrogens with zero attached hydrogens (tertiary/aromatic N) is 1. The molecule has 0 amide bonds. The zero-order valence-corrected chi connectivity index (χ0v) is 13.7. The molecule has 1 atom stereocenters. The van der Waals surface area contributed by atoms with E-state index < -0.39 is 24.4 Å². The van der Waals surface area contributed by atoms with Crippen LogP contribution in [0.15, 0.2) is 12.1 Å². The van der Waals surface area contributed by atoms with Crippen molar-refractivity contribution in [3.63, 3.8) is 0 Å².